The first-order valence-electron chi connectivity index (χ1n) is 4.28. The summed E-state index contributed by atoms with van der Waals surface area (Å²) in [6.07, 6.45) is 1.05. The van der Waals surface area contributed by atoms with E-state index < -0.39 is 0 Å². The number of primary amides is 1. The van der Waals surface area contributed by atoms with Crippen molar-refractivity contribution in [3.05, 3.63) is 0 Å². The molecule has 0 saturated carbocycles. The van der Waals surface area contributed by atoms with Crippen molar-refractivity contribution in [2.45, 2.75) is 12.5 Å². The van der Waals surface area contributed by atoms with E-state index >= 15 is 0 Å². The summed E-state index contributed by atoms with van der Waals surface area (Å²) >= 11 is 0. The first kappa shape index (κ1) is 9.48. The molecule has 3 N–H and O–H groups in total. The molecule has 0 spiro atoms. The van der Waals surface area contributed by atoms with Gasteiger partial charge in [-0.2, -0.15) is 0 Å². The summed E-state index contributed by atoms with van der Waals surface area (Å²) in [4.78, 5) is 13.0. The highest BCUT2D eigenvalue weighted by molar-refractivity contribution is 5.80. The molecule has 0 aromatic carbocycles. The summed E-state index contributed by atoms with van der Waals surface area (Å²) in [5.74, 6) is 0.164. The van der Waals surface area contributed by atoms with Gasteiger partial charge >= 0.3 is 0 Å². The molecule has 1 heterocycles. The molecule has 1 aliphatic rings. The molecule has 0 bridgehead atoms. The first-order valence-corrected chi connectivity index (χ1v) is 4.28. The predicted molar refractivity (Wildman–Crippen MR) is 47.6 cm³/mol. The van der Waals surface area contributed by atoms with Crippen LogP contribution in [-0.2, 0) is 4.79 Å². The number of nitrogens with one attached hydrogen (secondary N) is 1. The van der Waals surface area contributed by atoms with Crippen molar-refractivity contribution >= 4 is 5.91 Å². The van der Waals surface area contributed by atoms with E-state index in [9.17, 15) is 4.79 Å². The van der Waals surface area contributed by atoms with Crippen LogP contribution in [0.2, 0.25) is 0 Å². The van der Waals surface area contributed by atoms with Crippen molar-refractivity contribution in [3.8, 4) is 0 Å². The maximum atomic E-state index is 10.9. The SMILES string of the molecule is CN(C)C[C@@H]1CCN[C@@H]1C(N)=O. The van der Waals surface area contributed by atoms with Gasteiger partial charge in [-0.05, 0) is 33.0 Å². The molecule has 1 fully saturated rings. The Morgan fingerprint density at radius 1 is 1.67 bits per heavy atom. The fraction of sp³-hybridized carbons (Fsp3) is 0.875. The second-order valence-corrected chi connectivity index (χ2v) is 3.65. The van der Waals surface area contributed by atoms with Crippen LogP contribution in [0.25, 0.3) is 0 Å². The van der Waals surface area contributed by atoms with E-state index in [0.717, 1.165) is 19.5 Å². The van der Waals surface area contributed by atoms with E-state index in [2.05, 4.69) is 10.2 Å². The summed E-state index contributed by atoms with van der Waals surface area (Å²) in [5.41, 5.74) is 5.24. The lowest BCUT2D eigenvalue weighted by Gasteiger charge is -2.20. The molecule has 0 radical (unpaired) electrons. The average Bonchev–Trinajstić information content (AvgIpc) is 2.33. The Morgan fingerprint density at radius 2 is 2.33 bits per heavy atom. The highest BCUT2D eigenvalue weighted by Crippen LogP contribution is 2.15. The minimum Gasteiger partial charge on any atom is -0.368 e. The van der Waals surface area contributed by atoms with Gasteiger partial charge in [-0.3, -0.25) is 4.79 Å². The average molecular weight is 171 g/mol. The highest BCUT2D eigenvalue weighted by Gasteiger charge is 2.30. The van der Waals surface area contributed by atoms with E-state index in [1.165, 1.54) is 0 Å². The fourth-order valence-corrected chi connectivity index (χ4v) is 1.76. The van der Waals surface area contributed by atoms with Crippen molar-refractivity contribution in [1.82, 2.24) is 10.2 Å². The number of amides is 1. The summed E-state index contributed by atoms with van der Waals surface area (Å²) in [6, 6.07) is -0.118. The van der Waals surface area contributed by atoms with Crippen LogP contribution in [0.4, 0.5) is 0 Å². The number of carbonyl (C=O) groups excluding carboxylic acids is 1. The van der Waals surface area contributed by atoms with E-state index in [1.807, 2.05) is 14.1 Å². The lowest BCUT2D eigenvalue weighted by molar-refractivity contribution is -0.120. The molecule has 0 aromatic heterocycles. The number of carbonyl (C=O) groups is 1. The molecule has 1 aliphatic heterocycles. The zero-order chi connectivity index (χ0) is 9.14. The Labute approximate surface area is 73.1 Å². The normalized spacial score (nSPS) is 29.6. The van der Waals surface area contributed by atoms with Crippen LogP contribution in [0.15, 0.2) is 0 Å². The summed E-state index contributed by atoms with van der Waals surface area (Å²) < 4.78 is 0. The van der Waals surface area contributed by atoms with Crippen LogP contribution in [0, 0.1) is 5.92 Å². The lowest BCUT2D eigenvalue weighted by atomic mass is 10.00. The second-order valence-electron chi connectivity index (χ2n) is 3.65. The second kappa shape index (κ2) is 3.87. The van der Waals surface area contributed by atoms with Crippen molar-refractivity contribution in [2.24, 2.45) is 11.7 Å². The van der Waals surface area contributed by atoms with Gasteiger partial charge in [-0.15, -0.1) is 0 Å². The highest BCUT2D eigenvalue weighted by atomic mass is 16.1. The van der Waals surface area contributed by atoms with E-state index in [-0.39, 0.29) is 11.9 Å². The summed E-state index contributed by atoms with van der Waals surface area (Å²) in [7, 11) is 4.02. The Morgan fingerprint density at radius 3 is 2.83 bits per heavy atom. The van der Waals surface area contributed by atoms with Gasteiger partial charge in [-0.25, -0.2) is 0 Å². The fourth-order valence-electron chi connectivity index (χ4n) is 1.76. The molecule has 70 valence electrons. The first-order chi connectivity index (χ1) is 5.61. The Bertz CT molecular complexity index is 170. The van der Waals surface area contributed by atoms with E-state index in [0.29, 0.717) is 5.92 Å². The third kappa shape index (κ3) is 2.19. The van der Waals surface area contributed by atoms with Gasteiger partial charge in [0, 0.05) is 6.54 Å². The number of hydrogen-bond donors (Lipinski definition) is 2. The zero-order valence-corrected chi connectivity index (χ0v) is 7.71. The molecule has 1 amide bonds. The maximum absolute atomic E-state index is 10.9. The van der Waals surface area contributed by atoms with Gasteiger partial charge in [0.1, 0.15) is 0 Å². The molecular weight excluding hydrogens is 154 g/mol. The maximum Gasteiger partial charge on any atom is 0.234 e. The molecule has 1 saturated heterocycles. The number of hydrogen-bond acceptors (Lipinski definition) is 3. The Kier molecular flexibility index (Phi) is 3.05. The van der Waals surface area contributed by atoms with Crippen molar-refractivity contribution in [1.29, 1.82) is 0 Å². The van der Waals surface area contributed by atoms with Crippen molar-refractivity contribution in [3.63, 3.8) is 0 Å². The minimum atomic E-state index is -0.223. The molecule has 4 nitrogen and oxygen atoms in total. The van der Waals surface area contributed by atoms with Crippen LogP contribution >= 0.6 is 0 Å². The largest absolute Gasteiger partial charge is 0.368 e. The molecule has 0 aliphatic carbocycles. The van der Waals surface area contributed by atoms with Gasteiger partial charge in [0.25, 0.3) is 0 Å². The number of nitrogens with two attached hydrogens (primary N) is 1. The van der Waals surface area contributed by atoms with E-state index in [4.69, 9.17) is 5.73 Å². The van der Waals surface area contributed by atoms with Gasteiger partial charge in [-0.1, -0.05) is 0 Å². The molecular formula is C8H17N3O. The monoisotopic (exact) mass is 171 g/mol. The van der Waals surface area contributed by atoms with Gasteiger partial charge < -0.3 is 16.0 Å². The molecule has 0 aromatic rings. The van der Waals surface area contributed by atoms with Crippen LogP contribution in [0.1, 0.15) is 6.42 Å². The molecule has 1 rings (SSSR count). The zero-order valence-electron chi connectivity index (χ0n) is 7.71. The smallest absolute Gasteiger partial charge is 0.234 e. The van der Waals surface area contributed by atoms with Crippen LogP contribution in [-0.4, -0.2) is 44.0 Å². The van der Waals surface area contributed by atoms with Crippen LogP contribution in [0.3, 0.4) is 0 Å². The van der Waals surface area contributed by atoms with Crippen molar-refractivity contribution < 1.29 is 4.79 Å². The standard InChI is InChI=1S/C8H17N3O/c1-11(2)5-6-3-4-10-7(6)8(9)12/h6-7,10H,3-5H2,1-2H3,(H2,9,12)/t6-,7-/m0/s1. The van der Waals surface area contributed by atoms with Gasteiger partial charge in [0.05, 0.1) is 6.04 Å². The molecule has 0 unspecified atom stereocenters. The third-order valence-electron chi connectivity index (χ3n) is 2.26. The van der Waals surface area contributed by atoms with E-state index in [1.54, 1.807) is 0 Å². The number of nitrogens with zero attached hydrogens (tertiary/aromatic N) is 1. The lowest BCUT2D eigenvalue weighted by Crippen LogP contribution is -2.43. The summed E-state index contributed by atoms with van der Waals surface area (Å²) in [6.45, 7) is 1.84. The topological polar surface area (TPSA) is 58.4 Å². The van der Waals surface area contributed by atoms with Crippen LogP contribution < -0.4 is 11.1 Å². The Hall–Kier alpha value is -0.610. The molecule has 12 heavy (non-hydrogen) atoms. The minimum absolute atomic E-state index is 0.118. The van der Waals surface area contributed by atoms with Crippen molar-refractivity contribution in [2.75, 3.05) is 27.2 Å². The quantitative estimate of drug-likeness (QED) is 0.573. The third-order valence-corrected chi connectivity index (χ3v) is 2.26. The van der Waals surface area contributed by atoms with Gasteiger partial charge in [0.15, 0.2) is 0 Å². The molecule has 4 heteroatoms. The molecule has 2 atom stereocenters. The van der Waals surface area contributed by atoms with Gasteiger partial charge in [0.2, 0.25) is 5.91 Å². The summed E-state index contributed by atoms with van der Waals surface area (Å²) in [5, 5.41) is 3.11. The number of rotatable bonds is 3. The predicted octanol–water partition coefficient (Wildman–Crippen LogP) is -0.989. The Balaban J connectivity index is 2.46. The van der Waals surface area contributed by atoms with Crippen LogP contribution in [0.5, 0.6) is 0 Å².